The second kappa shape index (κ2) is 12.9. The number of unbranched alkanes of at least 4 members (excludes halogenated alkanes) is 1. The highest BCUT2D eigenvalue weighted by Gasteiger charge is 2.43. The minimum atomic E-state index is -1.07. The number of carbonyl (C=O) groups is 3. The van der Waals surface area contributed by atoms with Crippen LogP contribution in [0.1, 0.15) is 80.6 Å². The number of nitrogens with zero attached hydrogens (tertiary/aromatic N) is 3. The third kappa shape index (κ3) is 6.23. The highest BCUT2D eigenvalue weighted by molar-refractivity contribution is 6.42. The Morgan fingerprint density at radius 3 is 2.31 bits per heavy atom. The molecular formula is C31H28Cl2N4O5. The number of halogens is 2. The van der Waals surface area contributed by atoms with E-state index in [0.29, 0.717) is 35.2 Å². The summed E-state index contributed by atoms with van der Waals surface area (Å²) in [4.78, 5) is 45.1. The van der Waals surface area contributed by atoms with Gasteiger partial charge < -0.3 is 15.0 Å². The van der Waals surface area contributed by atoms with Crippen LogP contribution in [0.15, 0.2) is 71.3 Å². The highest BCUT2D eigenvalue weighted by atomic mass is 35.5. The number of benzene rings is 3. The largest absolute Gasteiger partial charge is 0.486 e. The minimum absolute atomic E-state index is 0.185. The van der Waals surface area contributed by atoms with Crippen molar-refractivity contribution in [1.82, 2.24) is 15.0 Å². The third-order valence-corrected chi connectivity index (χ3v) is 7.80. The molecule has 0 saturated carbocycles. The molecule has 4 aromatic rings. The van der Waals surface area contributed by atoms with E-state index < -0.39 is 23.6 Å². The van der Waals surface area contributed by atoms with Crippen molar-refractivity contribution in [1.29, 1.82) is 0 Å². The molecule has 1 aliphatic heterocycles. The van der Waals surface area contributed by atoms with E-state index in [1.807, 2.05) is 37.3 Å². The summed E-state index contributed by atoms with van der Waals surface area (Å²) in [7, 11) is 0. The second-order valence-electron chi connectivity index (χ2n) is 9.96. The smallest absolute Gasteiger partial charge is 0.262 e. The van der Waals surface area contributed by atoms with Gasteiger partial charge in [-0.15, -0.1) is 0 Å². The zero-order chi connectivity index (χ0) is 29.8. The Morgan fingerprint density at radius 2 is 1.67 bits per heavy atom. The number of nitrogens with two attached hydrogens (primary N) is 1. The number of amides is 2. The van der Waals surface area contributed by atoms with Crippen LogP contribution in [0.4, 0.5) is 0 Å². The molecule has 2 N–H and O–H groups in total. The van der Waals surface area contributed by atoms with Crippen LogP contribution in [-0.4, -0.2) is 45.2 Å². The van der Waals surface area contributed by atoms with Crippen molar-refractivity contribution in [3.63, 3.8) is 0 Å². The van der Waals surface area contributed by atoms with Gasteiger partial charge in [0.25, 0.3) is 11.8 Å². The molecule has 216 valence electrons. The molecule has 0 fully saturated rings. The van der Waals surface area contributed by atoms with Gasteiger partial charge in [-0.25, -0.2) is 0 Å². The lowest BCUT2D eigenvalue weighted by Crippen LogP contribution is -2.45. The first kappa shape index (κ1) is 29.4. The molecule has 2 atom stereocenters. The van der Waals surface area contributed by atoms with Gasteiger partial charge in [-0.1, -0.05) is 58.7 Å². The number of rotatable bonds is 12. The molecule has 42 heavy (non-hydrogen) atoms. The summed E-state index contributed by atoms with van der Waals surface area (Å²) in [5.74, 6) is -0.895. The van der Waals surface area contributed by atoms with E-state index in [0.717, 1.165) is 16.0 Å². The molecule has 0 radical (unpaired) electrons. The predicted molar refractivity (Wildman–Crippen MR) is 157 cm³/mol. The van der Waals surface area contributed by atoms with Gasteiger partial charge in [0.1, 0.15) is 17.9 Å². The van der Waals surface area contributed by atoms with Crippen LogP contribution in [0, 0.1) is 0 Å². The van der Waals surface area contributed by atoms with E-state index in [-0.39, 0.29) is 41.8 Å². The number of aromatic nitrogens is 2. The number of Topliss-reactive ketones (excluding diaryl/α,β-unsaturated/α-hetero) is 1. The quantitative estimate of drug-likeness (QED) is 0.117. The van der Waals surface area contributed by atoms with Gasteiger partial charge in [0.2, 0.25) is 17.5 Å². The van der Waals surface area contributed by atoms with Crippen molar-refractivity contribution < 1.29 is 23.6 Å². The molecule has 2 amide bonds. The maximum atomic E-state index is 13.5. The number of carbonyl (C=O) groups excluding carboxylic acids is 3. The van der Waals surface area contributed by atoms with Gasteiger partial charge in [-0.3, -0.25) is 19.3 Å². The van der Waals surface area contributed by atoms with Crippen LogP contribution in [0.5, 0.6) is 5.75 Å². The zero-order valence-corrected chi connectivity index (χ0v) is 24.3. The fraction of sp³-hybridized carbons (Fsp3) is 0.258. The number of hydrogen-bond donors (Lipinski definition) is 1. The lowest BCUT2D eigenvalue weighted by atomic mass is 10.0. The summed E-state index contributed by atoms with van der Waals surface area (Å²) in [5, 5.41) is 4.82. The number of imide groups is 1. The molecule has 2 unspecified atom stereocenters. The fourth-order valence-corrected chi connectivity index (χ4v) is 5.13. The first-order chi connectivity index (χ1) is 20.3. The summed E-state index contributed by atoms with van der Waals surface area (Å²) in [6.45, 7) is 2.34. The second-order valence-corrected chi connectivity index (χ2v) is 10.8. The summed E-state index contributed by atoms with van der Waals surface area (Å²) in [6.07, 6.45) is 1.44. The maximum Gasteiger partial charge on any atom is 0.262 e. The summed E-state index contributed by atoms with van der Waals surface area (Å²) in [5.41, 5.74) is 7.92. The standard InChI is InChI=1S/C31H28Cl2N4O5/c1-18(20-11-14-24(32)25(33)17-20)41-21-12-9-19(10-13-21)16-27-35-29(36-42-27)28(38)26(8-4-5-15-34)37-30(39)22-6-2-3-7-23(22)31(37)40/h2-3,6-7,9-14,17-18,26H,4-5,8,15-16,34H2,1H3. The maximum absolute atomic E-state index is 13.5. The van der Waals surface area contributed by atoms with Crippen molar-refractivity contribution in [2.24, 2.45) is 5.73 Å². The lowest BCUT2D eigenvalue weighted by Gasteiger charge is -2.24. The van der Waals surface area contributed by atoms with Gasteiger partial charge >= 0.3 is 0 Å². The zero-order valence-electron chi connectivity index (χ0n) is 22.8. The fourth-order valence-electron chi connectivity index (χ4n) is 4.82. The van der Waals surface area contributed by atoms with Gasteiger partial charge in [-0.2, -0.15) is 4.98 Å². The molecule has 0 saturated heterocycles. The van der Waals surface area contributed by atoms with Crippen LogP contribution in [0.3, 0.4) is 0 Å². The molecule has 3 aromatic carbocycles. The van der Waals surface area contributed by atoms with E-state index in [4.69, 9.17) is 38.2 Å². The lowest BCUT2D eigenvalue weighted by molar-refractivity contribution is 0.0526. The Hall–Kier alpha value is -4.05. The van der Waals surface area contributed by atoms with E-state index in [1.165, 1.54) is 0 Å². The minimum Gasteiger partial charge on any atom is -0.486 e. The molecular weight excluding hydrogens is 579 g/mol. The van der Waals surface area contributed by atoms with E-state index in [9.17, 15) is 14.4 Å². The number of hydrogen-bond acceptors (Lipinski definition) is 8. The van der Waals surface area contributed by atoms with Crippen LogP contribution in [-0.2, 0) is 6.42 Å². The van der Waals surface area contributed by atoms with Gasteiger partial charge in [0.15, 0.2) is 0 Å². The van der Waals surface area contributed by atoms with Crippen molar-refractivity contribution in [3.05, 3.63) is 111 Å². The first-order valence-electron chi connectivity index (χ1n) is 13.5. The molecule has 1 aliphatic rings. The third-order valence-electron chi connectivity index (χ3n) is 7.06. The number of ether oxygens (including phenoxy) is 1. The van der Waals surface area contributed by atoms with Crippen LogP contribution < -0.4 is 10.5 Å². The SMILES string of the molecule is CC(Oc1ccc(Cc2nc(C(=O)C(CCCCN)N3C(=O)c4ccccc4C3=O)no2)cc1)c1ccc(Cl)c(Cl)c1. The van der Waals surface area contributed by atoms with Crippen LogP contribution in [0.25, 0.3) is 0 Å². The molecule has 0 spiro atoms. The summed E-state index contributed by atoms with van der Waals surface area (Å²) < 4.78 is 11.4. The molecule has 5 rings (SSSR count). The van der Waals surface area contributed by atoms with Gasteiger partial charge in [0, 0.05) is 0 Å². The highest BCUT2D eigenvalue weighted by Crippen LogP contribution is 2.30. The van der Waals surface area contributed by atoms with Crippen LogP contribution >= 0.6 is 23.2 Å². The van der Waals surface area contributed by atoms with Crippen molar-refractivity contribution in [2.75, 3.05) is 6.54 Å². The summed E-state index contributed by atoms with van der Waals surface area (Å²) >= 11 is 12.1. The average molecular weight is 607 g/mol. The molecule has 0 bridgehead atoms. The Balaban J connectivity index is 1.27. The Kier molecular flexibility index (Phi) is 9.01. The monoisotopic (exact) mass is 606 g/mol. The molecule has 11 heteroatoms. The topological polar surface area (TPSA) is 129 Å². The van der Waals surface area contributed by atoms with Gasteiger partial charge in [0.05, 0.1) is 27.6 Å². The average Bonchev–Trinajstić information content (AvgIpc) is 3.56. The molecule has 1 aromatic heterocycles. The normalized spacial score (nSPS) is 14.1. The van der Waals surface area contributed by atoms with Crippen molar-refractivity contribution >= 4 is 40.8 Å². The number of fused-ring (bicyclic) bond motifs is 1. The van der Waals surface area contributed by atoms with Crippen molar-refractivity contribution in [3.8, 4) is 5.75 Å². The number of ketones is 1. The molecule has 9 nitrogen and oxygen atoms in total. The van der Waals surface area contributed by atoms with Crippen molar-refractivity contribution in [2.45, 2.75) is 44.8 Å². The summed E-state index contributed by atoms with van der Waals surface area (Å²) in [6, 6.07) is 18.2. The predicted octanol–water partition coefficient (Wildman–Crippen LogP) is 6.08. The first-order valence-corrected chi connectivity index (χ1v) is 14.3. The Morgan fingerprint density at radius 1 is 0.976 bits per heavy atom. The van der Waals surface area contributed by atoms with E-state index in [2.05, 4.69) is 10.1 Å². The van der Waals surface area contributed by atoms with Gasteiger partial charge in [-0.05, 0) is 80.3 Å². The molecule has 2 heterocycles. The van der Waals surface area contributed by atoms with E-state index >= 15 is 0 Å². The Bertz CT molecular complexity index is 1590. The Labute approximate surface area is 252 Å². The van der Waals surface area contributed by atoms with Crippen LogP contribution in [0.2, 0.25) is 10.0 Å². The van der Waals surface area contributed by atoms with E-state index in [1.54, 1.807) is 36.4 Å². The molecule has 0 aliphatic carbocycles.